The first-order chi connectivity index (χ1) is 4.54. The van der Waals surface area contributed by atoms with Gasteiger partial charge in [0.25, 0.3) is 0 Å². The van der Waals surface area contributed by atoms with Gasteiger partial charge in [0.1, 0.15) is 0 Å². The summed E-state index contributed by atoms with van der Waals surface area (Å²) in [5.74, 6) is 0. The summed E-state index contributed by atoms with van der Waals surface area (Å²) in [6.07, 6.45) is 3.09. The third-order valence-corrected chi connectivity index (χ3v) is 2.54. The monoisotopic (exact) mass is 346 g/mol. The van der Waals surface area contributed by atoms with Crippen molar-refractivity contribution in [3.05, 3.63) is 23.8 Å². The zero-order valence-electron chi connectivity index (χ0n) is 4.93. The zero-order valence-corrected chi connectivity index (χ0v) is 9.38. The van der Waals surface area contributed by atoms with Crippen molar-refractivity contribution < 1.29 is 24.1 Å². The van der Waals surface area contributed by atoms with Crippen molar-refractivity contribution in [3.63, 3.8) is 0 Å². The van der Waals surface area contributed by atoms with E-state index < -0.39 is 5.24 Å². The van der Waals surface area contributed by atoms with E-state index in [0.29, 0.717) is 8.93 Å². The molecule has 0 heterocycles. The van der Waals surface area contributed by atoms with E-state index in [-0.39, 0.29) is 0 Å². The molecule has 0 aliphatic heterocycles. The first-order valence-electron chi connectivity index (χ1n) is 2.30. The summed E-state index contributed by atoms with van der Waals surface area (Å²) >= 11 is 11.5. The van der Waals surface area contributed by atoms with Crippen LogP contribution in [0.5, 0.6) is 0 Å². The van der Waals surface area contributed by atoms with Gasteiger partial charge in [0.15, 0.2) is 0 Å². The molecule has 54 valence electrons. The van der Waals surface area contributed by atoms with Crippen molar-refractivity contribution in [2.75, 3.05) is 0 Å². The van der Waals surface area contributed by atoms with Gasteiger partial charge in [0.05, 0.1) is 0 Å². The van der Waals surface area contributed by atoms with Crippen LogP contribution in [0, 0.1) is 0 Å². The number of carbonyl (C=O) groups is 1. The van der Waals surface area contributed by atoms with Crippen molar-refractivity contribution >= 4 is 32.3 Å². The average molecular weight is 347 g/mol. The van der Waals surface area contributed by atoms with Gasteiger partial charge in [-0.25, -0.2) is 0 Å². The van der Waals surface area contributed by atoms with Crippen LogP contribution in [0.2, 0.25) is 0 Å². The number of halogens is 2. The van der Waals surface area contributed by atoms with E-state index in [1.165, 1.54) is 6.08 Å². The van der Waals surface area contributed by atoms with Gasteiger partial charge in [-0.2, -0.15) is 0 Å². The quantitative estimate of drug-likeness (QED) is 0.562. The summed E-state index contributed by atoms with van der Waals surface area (Å²) in [4.78, 5) is 10.4. The molecule has 0 aromatic rings. The van der Waals surface area contributed by atoms with Gasteiger partial charge < -0.3 is 0 Å². The van der Waals surface area contributed by atoms with Crippen LogP contribution in [0.3, 0.4) is 0 Å². The molecule has 0 bridgehead atoms. The molecule has 0 spiro atoms. The molecule has 0 radical (unpaired) electrons. The van der Waals surface area contributed by atoms with E-state index >= 15 is 0 Å². The number of hydrogen-bond acceptors (Lipinski definition) is 1. The van der Waals surface area contributed by atoms with Crippen molar-refractivity contribution in [1.29, 1.82) is 0 Å². The maximum absolute atomic E-state index is 10.4. The van der Waals surface area contributed by atoms with Crippen LogP contribution < -0.4 is 0 Å². The molecule has 0 atom stereocenters. The van der Waals surface area contributed by atoms with E-state index in [0.717, 1.165) is 19.4 Å². The topological polar surface area (TPSA) is 17.1 Å². The molecule has 0 aliphatic carbocycles. The molecule has 0 saturated carbocycles. The van der Waals surface area contributed by atoms with Crippen LogP contribution in [0.25, 0.3) is 0 Å². The van der Waals surface area contributed by atoms with E-state index in [1.54, 1.807) is 6.08 Å². The Morgan fingerprint density at radius 2 is 1.90 bits per heavy atom. The van der Waals surface area contributed by atoms with Crippen LogP contribution >= 0.6 is 23.2 Å². The SMILES string of the molecule is C=C(Cl)C=C[C](=[W])C(=O)Cl. The molecule has 0 N–H and O–H groups in total. The van der Waals surface area contributed by atoms with Crippen molar-refractivity contribution in [1.82, 2.24) is 0 Å². The Bertz CT molecular complexity index is 208. The Balaban J connectivity index is 4.03. The van der Waals surface area contributed by atoms with Crippen LogP contribution in [0.15, 0.2) is 23.8 Å². The molecule has 0 saturated heterocycles. The predicted octanol–water partition coefficient (Wildman–Crippen LogP) is 1.78. The number of rotatable bonds is 3. The fourth-order valence-electron chi connectivity index (χ4n) is 0.232. The minimum atomic E-state index is -0.441. The molecule has 1 nitrogen and oxygen atoms in total. The second-order valence-electron chi connectivity index (χ2n) is 1.42. The van der Waals surface area contributed by atoms with Crippen molar-refractivity contribution in [3.8, 4) is 0 Å². The van der Waals surface area contributed by atoms with Gasteiger partial charge in [-0.05, 0) is 0 Å². The maximum atomic E-state index is 10.4. The van der Waals surface area contributed by atoms with Crippen LogP contribution in [0.4, 0.5) is 0 Å². The van der Waals surface area contributed by atoms with Crippen LogP contribution in [-0.2, 0) is 24.1 Å². The molecule has 0 fully saturated rings. The Morgan fingerprint density at radius 3 is 2.20 bits per heavy atom. The Hall–Kier alpha value is 0.288. The molecular weight excluding hydrogens is 343 g/mol. The van der Waals surface area contributed by atoms with Crippen molar-refractivity contribution in [2.24, 2.45) is 0 Å². The van der Waals surface area contributed by atoms with Gasteiger partial charge >= 0.3 is 80.3 Å². The molecule has 0 rings (SSSR count). The Labute approximate surface area is 80.1 Å². The summed E-state index contributed by atoms with van der Waals surface area (Å²) in [6, 6.07) is 0. The van der Waals surface area contributed by atoms with Gasteiger partial charge in [0, 0.05) is 0 Å². The summed E-state index contributed by atoms with van der Waals surface area (Å²) < 4.78 is 0.531. The summed E-state index contributed by atoms with van der Waals surface area (Å²) in [6.45, 7) is 3.41. The second-order valence-corrected chi connectivity index (χ2v) is 3.83. The van der Waals surface area contributed by atoms with Gasteiger partial charge in [-0.15, -0.1) is 0 Å². The van der Waals surface area contributed by atoms with Gasteiger partial charge in [0.2, 0.25) is 0 Å². The van der Waals surface area contributed by atoms with E-state index in [1.807, 2.05) is 0 Å². The van der Waals surface area contributed by atoms with Crippen molar-refractivity contribution in [2.45, 2.75) is 0 Å². The standard InChI is InChI=1S/C6H4Cl2O.W/c1-5(7)3-2-4-6(8)9;/h2-3H,1H2;. The van der Waals surface area contributed by atoms with Gasteiger partial charge in [-0.3, -0.25) is 0 Å². The zero-order chi connectivity index (χ0) is 8.15. The Kier molecular flexibility index (Phi) is 5.15. The fourth-order valence-corrected chi connectivity index (χ4v) is 0.602. The molecule has 10 heavy (non-hydrogen) atoms. The summed E-state index contributed by atoms with van der Waals surface area (Å²) in [5.41, 5.74) is 0. The summed E-state index contributed by atoms with van der Waals surface area (Å²) in [5, 5.41) is -0.0548. The van der Waals surface area contributed by atoms with Crippen LogP contribution in [0.1, 0.15) is 0 Å². The molecule has 0 aromatic carbocycles. The molecular formula is C6H4Cl2OW. The Morgan fingerprint density at radius 1 is 1.40 bits per heavy atom. The molecule has 4 heteroatoms. The van der Waals surface area contributed by atoms with E-state index in [9.17, 15) is 4.79 Å². The normalized spacial score (nSPS) is 9.80. The molecule has 0 aromatic heterocycles. The number of hydrogen-bond donors (Lipinski definition) is 0. The van der Waals surface area contributed by atoms with E-state index in [4.69, 9.17) is 23.2 Å². The van der Waals surface area contributed by atoms with Crippen LogP contribution in [-0.4, -0.2) is 9.14 Å². The molecule has 0 amide bonds. The second kappa shape index (κ2) is 5.01. The van der Waals surface area contributed by atoms with Gasteiger partial charge in [-0.1, -0.05) is 0 Å². The third-order valence-electron chi connectivity index (χ3n) is 0.609. The fraction of sp³-hybridized carbons (Fsp3) is 0. The minimum absolute atomic E-state index is 0.386. The first-order valence-corrected chi connectivity index (χ1v) is 4.52. The molecule has 0 unspecified atom stereocenters. The summed E-state index contributed by atoms with van der Waals surface area (Å²) in [7, 11) is 0. The third kappa shape index (κ3) is 5.10. The number of carbonyl (C=O) groups excluding carboxylic acids is 1. The average Bonchev–Trinajstić information content (AvgIpc) is 1.82. The first kappa shape index (κ1) is 10.3. The van der Waals surface area contributed by atoms with E-state index in [2.05, 4.69) is 6.58 Å². The number of allylic oxidation sites excluding steroid dienone is 3. The predicted molar refractivity (Wildman–Crippen MR) is 40.0 cm³/mol. The molecule has 0 aliphatic rings.